The highest BCUT2D eigenvalue weighted by molar-refractivity contribution is 6.49. The molecule has 0 heterocycles. The van der Waals surface area contributed by atoms with E-state index in [1.807, 2.05) is 0 Å². The summed E-state index contributed by atoms with van der Waals surface area (Å²) in [6.45, 7) is 6.43. The Balaban J connectivity index is 3.59. The van der Waals surface area contributed by atoms with Crippen LogP contribution in [0.3, 0.4) is 0 Å². The first-order valence-corrected chi connectivity index (χ1v) is 2.63. The van der Waals surface area contributed by atoms with Crippen LogP contribution in [0, 0.1) is 6.57 Å². The highest BCUT2D eigenvalue weighted by Crippen LogP contribution is 2.21. The average Bonchev–Trinajstić information content (AvgIpc) is 1.67. The number of halogens is 2. The van der Waals surface area contributed by atoms with Crippen LogP contribution in [0.25, 0.3) is 4.85 Å². The smallest absolute Gasteiger partial charge is 0.373 e. The predicted octanol–water partition coefficient (Wildman–Crippen LogP) is 1.68. The lowest BCUT2D eigenvalue weighted by Crippen LogP contribution is -2.13. The van der Waals surface area contributed by atoms with Gasteiger partial charge in [0.2, 0.25) is 0 Å². The maximum atomic E-state index is 6.39. The normalized spacial score (nSPS) is 10.8. The maximum Gasteiger partial charge on any atom is 0.405 e. The van der Waals surface area contributed by atoms with Gasteiger partial charge in [-0.1, -0.05) is 0 Å². The average molecular weight is 154 g/mol. The number of hydrogen-bond acceptors (Lipinski definition) is 1. The zero-order valence-corrected chi connectivity index (χ0v) is 5.83. The van der Waals surface area contributed by atoms with Gasteiger partial charge in [0.25, 0.3) is 0 Å². The molecule has 0 aromatic carbocycles. The SMILES string of the molecule is [C-]#[N+]C(Cl)(Cl)COC. The van der Waals surface area contributed by atoms with Crippen LogP contribution in [0.15, 0.2) is 0 Å². The molecule has 0 atom stereocenters. The van der Waals surface area contributed by atoms with Crippen LogP contribution in [0.5, 0.6) is 0 Å². The van der Waals surface area contributed by atoms with Crippen LogP contribution in [-0.4, -0.2) is 18.2 Å². The molecule has 2 nitrogen and oxygen atoms in total. The number of alkyl halides is 2. The van der Waals surface area contributed by atoms with Crippen molar-refractivity contribution >= 4 is 23.2 Å². The Bertz CT molecular complexity index is 107. The standard InChI is InChI=1S/C4H5Cl2NO/c1-7-4(5,6)3-8-2/h3H2,2H3. The van der Waals surface area contributed by atoms with E-state index in [0.29, 0.717) is 0 Å². The fraction of sp³-hybridized carbons (Fsp3) is 0.750. The van der Waals surface area contributed by atoms with Gasteiger partial charge in [-0.15, -0.1) is 0 Å². The first kappa shape index (κ1) is 8.03. The third-order valence-electron chi connectivity index (χ3n) is 0.482. The molecule has 0 aliphatic heterocycles. The molecule has 0 rings (SSSR count). The largest absolute Gasteiger partial charge is 0.405 e. The Morgan fingerprint density at radius 3 is 2.38 bits per heavy atom. The molecule has 0 aromatic rings. The molecular weight excluding hydrogens is 149 g/mol. The van der Waals surface area contributed by atoms with Gasteiger partial charge in [0.1, 0.15) is 0 Å². The predicted molar refractivity (Wildman–Crippen MR) is 32.9 cm³/mol. The summed E-state index contributed by atoms with van der Waals surface area (Å²) in [6.07, 6.45) is 0. The molecule has 0 radical (unpaired) electrons. The Kier molecular flexibility index (Phi) is 3.15. The molecule has 0 saturated carbocycles. The molecule has 0 aliphatic rings. The summed E-state index contributed by atoms with van der Waals surface area (Å²) in [5, 5.41) is 0. The van der Waals surface area contributed by atoms with Crippen LogP contribution >= 0.6 is 23.2 Å². The summed E-state index contributed by atoms with van der Waals surface area (Å²) >= 11 is 10.6. The molecule has 0 aliphatic carbocycles. The van der Waals surface area contributed by atoms with Gasteiger partial charge in [-0.3, -0.25) is 4.85 Å². The van der Waals surface area contributed by atoms with Gasteiger partial charge in [-0.2, -0.15) is 0 Å². The van der Waals surface area contributed by atoms with Crippen LogP contribution in [0.1, 0.15) is 0 Å². The lowest BCUT2D eigenvalue weighted by molar-refractivity contribution is 0.198. The molecule has 4 heteroatoms. The van der Waals surface area contributed by atoms with Crippen LogP contribution in [0.4, 0.5) is 0 Å². The summed E-state index contributed by atoms with van der Waals surface area (Å²) in [4.78, 5) is 2.87. The van der Waals surface area contributed by atoms with Gasteiger partial charge in [-0.25, -0.2) is 6.57 Å². The monoisotopic (exact) mass is 153 g/mol. The lowest BCUT2D eigenvalue weighted by Gasteiger charge is -2.01. The third kappa shape index (κ3) is 3.09. The van der Waals surface area contributed by atoms with Crippen LogP contribution in [-0.2, 0) is 4.74 Å². The lowest BCUT2D eigenvalue weighted by atomic mass is 10.7. The summed E-state index contributed by atoms with van der Waals surface area (Å²) in [5.41, 5.74) is 0. The van der Waals surface area contributed by atoms with Crippen molar-refractivity contribution in [2.24, 2.45) is 0 Å². The Morgan fingerprint density at radius 1 is 1.75 bits per heavy atom. The number of methoxy groups -OCH3 is 1. The number of nitrogens with zero attached hydrogens (tertiary/aromatic N) is 1. The van der Waals surface area contributed by atoms with Crippen molar-refractivity contribution in [3.8, 4) is 0 Å². The van der Waals surface area contributed by atoms with E-state index in [4.69, 9.17) is 29.8 Å². The summed E-state index contributed by atoms with van der Waals surface area (Å²) in [7, 11) is 1.44. The molecule has 0 unspecified atom stereocenters. The Labute approximate surface area is 58.2 Å². The van der Waals surface area contributed by atoms with Crippen LogP contribution < -0.4 is 0 Å². The van der Waals surface area contributed by atoms with E-state index >= 15 is 0 Å². The second-order valence-electron chi connectivity index (χ2n) is 1.21. The molecule has 46 valence electrons. The van der Waals surface area contributed by atoms with E-state index in [0.717, 1.165) is 0 Å². The Morgan fingerprint density at radius 2 is 2.25 bits per heavy atom. The molecular formula is C4H5Cl2NO. The van der Waals surface area contributed by atoms with E-state index in [2.05, 4.69) is 9.58 Å². The topological polar surface area (TPSA) is 13.6 Å². The van der Waals surface area contributed by atoms with Crippen molar-refractivity contribution in [3.05, 3.63) is 11.4 Å². The third-order valence-corrected chi connectivity index (χ3v) is 0.869. The first-order chi connectivity index (χ1) is 3.62. The van der Waals surface area contributed by atoms with Crippen molar-refractivity contribution in [3.63, 3.8) is 0 Å². The second kappa shape index (κ2) is 3.13. The van der Waals surface area contributed by atoms with E-state index in [9.17, 15) is 0 Å². The molecule has 0 saturated heterocycles. The molecule has 8 heavy (non-hydrogen) atoms. The summed E-state index contributed by atoms with van der Waals surface area (Å²) in [6, 6.07) is 0. The zero-order valence-electron chi connectivity index (χ0n) is 4.32. The van der Waals surface area contributed by atoms with E-state index < -0.39 is 4.46 Å². The minimum atomic E-state index is -1.39. The molecule has 0 bridgehead atoms. The van der Waals surface area contributed by atoms with Gasteiger partial charge < -0.3 is 4.74 Å². The van der Waals surface area contributed by atoms with Crippen LogP contribution in [0.2, 0.25) is 0 Å². The van der Waals surface area contributed by atoms with E-state index in [1.165, 1.54) is 7.11 Å². The van der Waals surface area contributed by atoms with Gasteiger partial charge in [-0.05, 0) is 23.2 Å². The summed E-state index contributed by atoms with van der Waals surface area (Å²) in [5.74, 6) is 0. The fourth-order valence-electron chi connectivity index (χ4n) is 0.206. The minimum Gasteiger partial charge on any atom is -0.373 e. The maximum absolute atomic E-state index is 6.39. The number of hydrogen-bond donors (Lipinski definition) is 0. The molecule has 0 spiro atoms. The van der Waals surface area contributed by atoms with Crippen molar-refractivity contribution < 1.29 is 4.74 Å². The van der Waals surface area contributed by atoms with Gasteiger partial charge in [0, 0.05) is 7.11 Å². The highest BCUT2D eigenvalue weighted by Gasteiger charge is 2.29. The van der Waals surface area contributed by atoms with Crippen molar-refractivity contribution in [2.45, 2.75) is 4.46 Å². The fourth-order valence-corrected chi connectivity index (χ4v) is 0.424. The van der Waals surface area contributed by atoms with Crippen molar-refractivity contribution in [1.29, 1.82) is 0 Å². The highest BCUT2D eigenvalue weighted by atomic mass is 35.5. The van der Waals surface area contributed by atoms with Gasteiger partial charge >= 0.3 is 4.46 Å². The number of ether oxygens (including phenoxy) is 1. The molecule has 0 N–H and O–H groups in total. The van der Waals surface area contributed by atoms with Crippen molar-refractivity contribution in [1.82, 2.24) is 0 Å². The number of rotatable bonds is 2. The molecule has 0 amide bonds. The molecule has 0 aromatic heterocycles. The van der Waals surface area contributed by atoms with E-state index in [1.54, 1.807) is 0 Å². The second-order valence-corrected chi connectivity index (χ2v) is 2.65. The minimum absolute atomic E-state index is 0.0413. The first-order valence-electron chi connectivity index (χ1n) is 1.88. The Hall–Kier alpha value is 0.0300. The van der Waals surface area contributed by atoms with E-state index in [-0.39, 0.29) is 6.61 Å². The van der Waals surface area contributed by atoms with Gasteiger partial charge in [0.15, 0.2) is 6.61 Å². The molecule has 0 fully saturated rings. The zero-order chi connectivity index (χ0) is 6.62. The quantitative estimate of drug-likeness (QED) is 0.335. The summed E-state index contributed by atoms with van der Waals surface area (Å²) < 4.78 is 3.13. The van der Waals surface area contributed by atoms with Crippen molar-refractivity contribution in [2.75, 3.05) is 13.7 Å². The van der Waals surface area contributed by atoms with Gasteiger partial charge in [0.05, 0.1) is 0 Å².